The van der Waals surface area contributed by atoms with E-state index >= 15 is 0 Å². The summed E-state index contributed by atoms with van der Waals surface area (Å²) < 4.78 is 37.6. The summed E-state index contributed by atoms with van der Waals surface area (Å²) in [6, 6.07) is 0. The van der Waals surface area contributed by atoms with Crippen molar-refractivity contribution >= 4 is 16.1 Å². The molecule has 0 spiro atoms. The predicted molar refractivity (Wildman–Crippen MR) is 121 cm³/mol. The van der Waals surface area contributed by atoms with Gasteiger partial charge < -0.3 is 4.74 Å². The van der Waals surface area contributed by atoms with E-state index < -0.39 is 15.4 Å². The van der Waals surface area contributed by atoms with Gasteiger partial charge in [-0.25, -0.2) is 0 Å². The van der Waals surface area contributed by atoms with Gasteiger partial charge in [0.2, 0.25) is 0 Å². The van der Waals surface area contributed by atoms with Gasteiger partial charge in [-0.3, -0.25) is 9.35 Å². The average molecular weight is 433 g/mol. The molecular formula is C23H44O5S. The molecule has 0 aliphatic heterocycles. The number of carbonyl (C=O) groups excluding carboxylic acids is 1. The van der Waals surface area contributed by atoms with Gasteiger partial charge in [-0.2, -0.15) is 8.42 Å². The average Bonchev–Trinajstić information content (AvgIpc) is 2.67. The van der Waals surface area contributed by atoms with Crippen molar-refractivity contribution in [2.45, 2.75) is 122 Å². The molecular weight excluding hydrogens is 388 g/mol. The number of hydrogen-bond donors (Lipinski definition) is 1. The van der Waals surface area contributed by atoms with Crippen molar-refractivity contribution < 1.29 is 22.5 Å². The van der Waals surface area contributed by atoms with Crippen molar-refractivity contribution in [1.29, 1.82) is 0 Å². The van der Waals surface area contributed by atoms with E-state index in [-0.39, 0.29) is 5.97 Å². The molecule has 0 aromatic heterocycles. The molecule has 1 N–H and O–H groups in total. The van der Waals surface area contributed by atoms with Crippen LogP contribution < -0.4 is 0 Å². The molecule has 1 unspecified atom stereocenters. The molecule has 0 radical (unpaired) electrons. The van der Waals surface area contributed by atoms with E-state index in [1.807, 2.05) is 6.08 Å². The fourth-order valence-electron chi connectivity index (χ4n) is 3.21. The number of hydrogen-bond acceptors (Lipinski definition) is 4. The van der Waals surface area contributed by atoms with Crippen LogP contribution in [-0.2, 0) is 19.6 Å². The molecule has 6 heteroatoms. The third-order valence-electron chi connectivity index (χ3n) is 5.09. The molecule has 1 atom stereocenters. The Labute approximate surface area is 179 Å². The zero-order valence-corrected chi connectivity index (χ0v) is 19.6. The fraction of sp³-hybridized carbons (Fsp3) is 0.870. The lowest BCUT2D eigenvalue weighted by Crippen LogP contribution is -2.17. The lowest BCUT2D eigenvalue weighted by Gasteiger charge is -2.09. The van der Waals surface area contributed by atoms with Gasteiger partial charge in [0.05, 0.1) is 6.61 Å². The van der Waals surface area contributed by atoms with Crippen molar-refractivity contribution in [2.24, 2.45) is 0 Å². The highest BCUT2D eigenvalue weighted by atomic mass is 32.2. The predicted octanol–water partition coefficient (Wildman–Crippen LogP) is 6.62. The minimum atomic E-state index is -4.01. The highest BCUT2D eigenvalue weighted by molar-refractivity contribution is 7.86. The monoisotopic (exact) mass is 432 g/mol. The van der Waals surface area contributed by atoms with E-state index in [1.165, 1.54) is 6.42 Å². The summed E-state index contributed by atoms with van der Waals surface area (Å²) >= 11 is 0. The molecule has 0 saturated carbocycles. The second-order valence-corrected chi connectivity index (χ2v) is 9.55. The molecule has 0 aliphatic carbocycles. The minimum Gasteiger partial charge on any atom is -0.466 e. The van der Waals surface area contributed by atoms with E-state index in [0.717, 1.165) is 83.5 Å². The molecule has 0 amide bonds. The normalized spacial score (nSPS) is 13.1. The second kappa shape index (κ2) is 19.1. The van der Waals surface area contributed by atoms with Gasteiger partial charge in [0.1, 0.15) is 5.25 Å². The second-order valence-electron chi connectivity index (χ2n) is 7.92. The maximum absolute atomic E-state index is 11.6. The quantitative estimate of drug-likeness (QED) is 0.101. The molecule has 172 valence electrons. The number of allylic oxidation sites excluding steroid dienone is 1. The van der Waals surface area contributed by atoms with Gasteiger partial charge in [0.15, 0.2) is 0 Å². The van der Waals surface area contributed by atoms with Crippen LogP contribution in [0.3, 0.4) is 0 Å². The van der Waals surface area contributed by atoms with Crippen LogP contribution in [0.5, 0.6) is 0 Å². The van der Waals surface area contributed by atoms with Crippen LogP contribution in [0.1, 0.15) is 117 Å². The number of carbonyl (C=O) groups is 1. The molecule has 0 fully saturated rings. The zero-order valence-electron chi connectivity index (χ0n) is 18.7. The highest BCUT2D eigenvalue weighted by Crippen LogP contribution is 2.15. The van der Waals surface area contributed by atoms with Crippen LogP contribution in [0, 0.1) is 0 Å². The summed E-state index contributed by atoms with van der Waals surface area (Å²) in [6.45, 7) is 4.82. The Morgan fingerprint density at radius 3 is 2.14 bits per heavy atom. The Hall–Kier alpha value is -0.880. The number of esters is 1. The Morgan fingerprint density at radius 1 is 0.862 bits per heavy atom. The van der Waals surface area contributed by atoms with Gasteiger partial charge in [0.25, 0.3) is 10.1 Å². The van der Waals surface area contributed by atoms with E-state index in [1.54, 1.807) is 6.08 Å². The summed E-state index contributed by atoms with van der Waals surface area (Å²) in [5, 5.41) is -0.771. The van der Waals surface area contributed by atoms with Crippen molar-refractivity contribution in [3.05, 3.63) is 12.2 Å². The van der Waals surface area contributed by atoms with Gasteiger partial charge in [-0.15, -0.1) is 0 Å². The first-order chi connectivity index (χ1) is 13.9. The Balaban J connectivity index is 3.76. The fourth-order valence-corrected chi connectivity index (χ4v) is 3.99. The first kappa shape index (κ1) is 28.1. The molecule has 0 saturated heterocycles. The summed E-state index contributed by atoms with van der Waals surface area (Å²) in [5.41, 5.74) is 0. The molecule has 29 heavy (non-hydrogen) atoms. The van der Waals surface area contributed by atoms with Crippen LogP contribution >= 0.6 is 0 Å². The van der Waals surface area contributed by atoms with Gasteiger partial charge in [-0.05, 0) is 32.1 Å². The smallest absolute Gasteiger partial charge is 0.305 e. The SMILES string of the molecule is CCCCCCCC(C=CCCCCCCCC(=O)OCCCCC)S(=O)(=O)O. The van der Waals surface area contributed by atoms with E-state index in [2.05, 4.69) is 13.8 Å². The molecule has 0 aromatic rings. The summed E-state index contributed by atoms with van der Waals surface area (Å²) in [5.74, 6) is -0.0880. The zero-order chi connectivity index (χ0) is 21.8. The molecule has 5 nitrogen and oxygen atoms in total. The van der Waals surface area contributed by atoms with Gasteiger partial charge in [0, 0.05) is 6.42 Å². The topological polar surface area (TPSA) is 80.7 Å². The van der Waals surface area contributed by atoms with Crippen molar-refractivity contribution in [1.82, 2.24) is 0 Å². The molecule has 0 aromatic carbocycles. The largest absolute Gasteiger partial charge is 0.466 e. The van der Waals surface area contributed by atoms with Gasteiger partial charge >= 0.3 is 5.97 Å². The maximum atomic E-state index is 11.6. The highest BCUT2D eigenvalue weighted by Gasteiger charge is 2.18. The Morgan fingerprint density at radius 2 is 1.45 bits per heavy atom. The summed E-state index contributed by atoms with van der Waals surface area (Å²) in [7, 11) is -4.01. The number of ether oxygens (including phenoxy) is 1. The lowest BCUT2D eigenvalue weighted by atomic mass is 10.1. The minimum absolute atomic E-state index is 0.0880. The number of unbranched alkanes of at least 4 members (excludes halogenated alkanes) is 11. The van der Waals surface area contributed by atoms with E-state index in [4.69, 9.17) is 4.74 Å². The molecule has 0 bridgehead atoms. The third-order valence-corrected chi connectivity index (χ3v) is 6.25. The molecule has 0 rings (SSSR count). The molecule has 0 aliphatic rings. The Kier molecular flexibility index (Phi) is 18.5. The lowest BCUT2D eigenvalue weighted by molar-refractivity contribution is -0.143. The van der Waals surface area contributed by atoms with Crippen LogP contribution in [0.15, 0.2) is 12.2 Å². The van der Waals surface area contributed by atoms with Crippen LogP contribution in [0.4, 0.5) is 0 Å². The van der Waals surface area contributed by atoms with Crippen LogP contribution in [0.25, 0.3) is 0 Å². The molecule has 0 heterocycles. The Bertz CT molecular complexity index is 513. The standard InChI is InChI=1S/C23H44O5S/c1-3-5-7-11-14-18-22(29(25,26)27)19-15-12-9-8-10-13-16-20-23(24)28-21-17-6-4-2/h15,19,22H,3-14,16-18,20-21H2,1-2H3,(H,25,26,27). The first-order valence-electron chi connectivity index (χ1n) is 11.7. The van der Waals surface area contributed by atoms with Crippen molar-refractivity contribution in [2.75, 3.05) is 6.61 Å². The van der Waals surface area contributed by atoms with E-state index in [0.29, 0.717) is 19.4 Å². The number of rotatable bonds is 20. The maximum Gasteiger partial charge on any atom is 0.305 e. The first-order valence-corrected chi connectivity index (χ1v) is 13.2. The van der Waals surface area contributed by atoms with Crippen LogP contribution in [-0.4, -0.2) is 30.8 Å². The van der Waals surface area contributed by atoms with E-state index in [9.17, 15) is 17.8 Å². The van der Waals surface area contributed by atoms with Crippen molar-refractivity contribution in [3.8, 4) is 0 Å². The van der Waals surface area contributed by atoms with Crippen molar-refractivity contribution in [3.63, 3.8) is 0 Å². The van der Waals surface area contributed by atoms with Crippen LogP contribution in [0.2, 0.25) is 0 Å². The van der Waals surface area contributed by atoms with Gasteiger partial charge in [-0.1, -0.05) is 90.2 Å². The third kappa shape index (κ3) is 18.9. The summed E-state index contributed by atoms with van der Waals surface area (Å²) in [4.78, 5) is 11.6. The summed E-state index contributed by atoms with van der Waals surface area (Å²) in [6.07, 6.45) is 18.8.